The summed E-state index contributed by atoms with van der Waals surface area (Å²) in [5.74, 6) is 0.701. The van der Waals surface area contributed by atoms with E-state index in [1.165, 1.54) is 11.3 Å². The van der Waals surface area contributed by atoms with E-state index in [1.807, 2.05) is 25.1 Å². The van der Waals surface area contributed by atoms with Gasteiger partial charge in [0.25, 0.3) is 5.91 Å². The number of anilines is 1. The van der Waals surface area contributed by atoms with Gasteiger partial charge in [-0.05, 0) is 44.5 Å². The summed E-state index contributed by atoms with van der Waals surface area (Å²) in [6.45, 7) is 3.42. The molecule has 7 nitrogen and oxygen atoms in total. The number of nitrogens with one attached hydrogen (secondary N) is 1. The Hall–Kier alpha value is -2.84. The smallest absolute Gasteiger partial charge is 0.257 e. The largest absolute Gasteiger partial charge is 0.330 e. The van der Waals surface area contributed by atoms with Crippen LogP contribution < -0.4 is 11.1 Å². The van der Waals surface area contributed by atoms with Gasteiger partial charge in [0.05, 0.1) is 11.0 Å². The van der Waals surface area contributed by atoms with Crippen LogP contribution in [0.5, 0.6) is 0 Å². The topological polar surface area (TPSA) is 98.7 Å². The Morgan fingerprint density at radius 3 is 3.04 bits per heavy atom. The second-order valence-corrected chi connectivity index (χ2v) is 7.30. The van der Waals surface area contributed by atoms with Crippen molar-refractivity contribution in [3.8, 4) is 0 Å². The molecule has 4 rings (SSSR count). The van der Waals surface area contributed by atoms with Crippen molar-refractivity contribution < 1.29 is 4.79 Å². The highest BCUT2D eigenvalue weighted by Crippen LogP contribution is 2.27. The van der Waals surface area contributed by atoms with E-state index in [-0.39, 0.29) is 5.91 Å². The van der Waals surface area contributed by atoms with Crippen molar-refractivity contribution >= 4 is 39.0 Å². The van der Waals surface area contributed by atoms with Gasteiger partial charge < -0.3 is 10.3 Å². The highest BCUT2D eigenvalue weighted by molar-refractivity contribution is 7.16. The number of imidazole rings is 1. The summed E-state index contributed by atoms with van der Waals surface area (Å²) in [7, 11) is 0. The van der Waals surface area contributed by atoms with E-state index in [1.54, 1.807) is 6.07 Å². The van der Waals surface area contributed by atoms with Crippen molar-refractivity contribution in [1.82, 2.24) is 19.7 Å². The zero-order chi connectivity index (χ0) is 18.8. The number of nitrogens with two attached hydrogens (primary N) is 1. The van der Waals surface area contributed by atoms with Crippen LogP contribution in [0.1, 0.15) is 34.0 Å². The van der Waals surface area contributed by atoms with Crippen molar-refractivity contribution in [3.63, 3.8) is 0 Å². The van der Waals surface area contributed by atoms with Gasteiger partial charge in [0.15, 0.2) is 0 Å². The third-order valence-corrected chi connectivity index (χ3v) is 5.34. The summed E-state index contributed by atoms with van der Waals surface area (Å²) < 4.78 is 2.13. The maximum absolute atomic E-state index is 12.6. The quantitative estimate of drug-likeness (QED) is 0.684. The number of aromatic nitrogens is 4. The van der Waals surface area contributed by atoms with Crippen molar-refractivity contribution in [1.29, 1.82) is 0 Å². The molecule has 3 N–H and O–H groups in total. The van der Waals surface area contributed by atoms with Crippen LogP contribution in [0.4, 0.5) is 5.13 Å². The third kappa shape index (κ3) is 3.54. The van der Waals surface area contributed by atoms with Crippen molar-refractivity contribution in [3.05, 3.63) is 52.8 Å². The molecule has 0 atom stereocenters. The molecule has 1 amide bonds. The van der Waals surface area contributed by atoms with Gasteiger partial charge in [0, 0.05) is 17.7 Å². The molecule has 2 aromatic heterocycles. The molecule has 138 valence electrons. The molecule has 1 aromatic carbocycles. The molecule has 0 aliphatic heterocycles. The standard InChI is InChI=1S/C19H20N6OS/c1-12-21-15-11-14(7-8-16(15)25(12)10-4-9-20)17(26)22-19-24-23-18(27-19)13-5-2-3-6-13/h2,5-8,11H,3-4,9-10,20H2,1H3,(H,22,24,26). The predicted octanol–water partition coefficient (Wildman–Crippen LogP) is 3.14. The lowest BCUT2D eigenvalue weighted by molar-refractivity contribution is 0.102. The molecule has 0 bridgehead atoms. The summed E-state index contributed by atoms with van der Waals surface area (Å²) in [6.07, 6.45) is 7.97. The summed E-state index contributed by atoms with van der Waals surface area (Å²) >= 11 is 1.37. The van der Waals surface area contributed by atoms with Gasteiger partial charge in [-0.15, -0.1) is 10.2 Å². The number of hydrogen-bond donors (Lipinski definition) is 2. The highest BCUT2D eigenvalue weighted by atomic mass is 32.1. The number of carbonyl (C=O) groups excluding carboxylic acids is 1. The molecular formula is C19H20N6OS. The maximum Gasteiger partial charge on any atom is 0.257 e. The van der Waals surface area contributed by atoms with E-state index in [2.05, 4.69) is 37.2 Å². The van der Waals surface area contributed by atoms with Crippen LogP contribution in [-0.2, 0) is 6.54 Å². The summed E-state index contributed by atoms with van der Waals surface area (Å²) in [5, 5.41) is 12.3. The number of carbonyl (C=O) groups is 1. The lowest BCUT2D eigenvalue weighted by Crippen LogP contribution is -2.11. The predicted molar refractivity (Wildman–Crippen MR) is 108 cm³/mol. The molecule has 3 aromatic rings. The average Bonchev–Trinajstić information content (AvgIpc) is 3.39. The minimum absolute atomic E-state index is 0.218. The zero-order valence-corrected chi connectivity index (χ0v) is 15.8. The highest BCUT2D eigenvalue weighted by Gasteiger charge is 2.15. The Balaban J connectivity index is 1.53. The monoisotopic (exact) mass is 380 g/mol. The number of benzene rings is 1. The van der Waals surface area contributed by atoms with E-state index < -0.39 is 0 Å². The Bertz CT molecular complexity index is 1060. The van der Waals surface area contributed by atoms with Crippen LogP contribution >= 0.6 is 11.3 Å². The molecule has 27 heavy (non-hydrogen) atoms. The van der Waals surface area contributed by atoms with Gasteiger partial charge in [-0.1, -0.05) is 29.6 Å². The first-order valence-electron chi connectivity index (χ1n) is 8.84. The minimum Gasteiger partial charge on any atom is -0.330 e. The van der Waals surface area contributed by atoms with E-state index in [4.69, 9.17) is 5.73 Å². The van der Waals surface area contributed by atoms with Crippen LogP contribution in [-0.4, -0.2) is 32.2 Å². The summed E-state index contributed by atoms with van der Waals surface area (Å²) in [5.41, 5.74) is 9.02. The molecule has 0 fully saturated rings. The van der Waals surface area contributed by atoms with Gasteiger partial charge in [0.1, 0.15) is 10.8 Å². The second-order valence-electron chi connectivity index (χ2n) is 6.32. The number of nitrogens with zero attached hydrogens (tertiary/aromatic N) is 4. The van der Waals surface area contributed by atoms with E-state index >= 15 is 0 Å². The van der Waals surface area contributed by atoms with Gasteiger partial charge in [0.2, 0.25) is 5.13 Å². The molecule has 1 aliphatic carbocycles. The van der Waals surface area contributed by atoms with E-state index in [0.717, 1.165) is 46.8 Å². The molecule has 2 heterocycles. The average molecular weight is 380 g/mol. The fourth-order valence-electron chi connectivity index (χ4n) is 3.10. The number of rotatable bonds is 6. The number of hydrogen-bond acceptors (Lipinski definition) is 6. The molecule has 1 aliphatic rings. The molecule has 8 heteroatoms. The van der Waals surface area contributed by atoms with Crippen molar-refractivity contribution in [2.75, 3.05) is 11.9 Å². The van der Waals surface area contributed by atoms with Crippen molar-refractivity contribution in [2.45, 2.75) is 26.3 Å². The lowest BCUT2D eigenvalue weighted by atomic mass is 10.2. The molecule has 0 saturated heterocycles. The number of amides is 1. The minimum atomic E-state index is -0.218. The first-order valence-corrected chi connectivity index (χ1v) is 9.66. The van der Waals surface area contributed by atoms with Crippen LogP contribution in [0.15, 0.2) is 36.4 Å². The molecule has 0 saturated carbocycles. The fraction of sp³-hybridized carbons (Fsp3) is 0.263. The Morgan fingerprint density at radius 2 is 2.26 bits per heavy atom. The SMILES string of the molecule is Cc1nc2cc(C(=O)Nc3nnc(C4=CCC=C4)s3)ccc2n1CCCN. The van der Waals surface area contributed by atoms with Gasteiger partial charge in [-0.3, -0.25) is 10.1 Å². The third-order valence-electron chi connectivity index (χ3n) is 4.45. The maximum atomic E-state index is 12.6. The summed E-state index contributed by atoms with van der Waals surface area (Å²) in [4.78, 5) is 17.2. The first kappa shape index (κ1) is 17.6. The first-order chi connectivity index (χ1) is 13.2. The van der Waals surface area contributed by atoms with Crippen LogP contribution in [0, 0.1) is 6.92 Å². The van der Waals surface area contributed by atoms with Crippen molar-refractivity contribution in [2.24, 2.45) is 5.73 Å². The Labute approximate surface area is 160 Å². The lowest BCUT2D eigenvalue weighted by Gasteiger charge is -2.06. The number of allylic oxidation sites excluding steroid dienone is 4. The van der Waals surface area contributed by atoms with Crippen LogP contribution in [0.2, 0.25) is 0 Å². The molecule has 0 spiro atoms. The summed E-state index contributed by atoms with van der Waals surface area (Å²) in [6, 6.07) is 5.54. The van der Waals surface area contributed by atoms with Gasteiger partial charge in [-0.25, -0.2) is 4.98 Å². The Morgan fingerprint density at radius 1 is 1.37 bits per heavy atom. The van der Waals surface area contributed by atoms with Gasteiger partial charge >= 0.3 is 0 Å². The fourth-order valence-corrected chi connectivity index (χ4v) is 3.86. The number of aryl methyl sites for hydroxylation is 2. The van der Waals surface area contributed by atoms with E-state index in [0.29, 0.717) is 17.2 Å². The van der Waals surface area contributed by atoms with Crippen LogP contribution in [0.25, 0.3) is 16.6 Å². The number of fused-ring (bicyclic) bond motifs is 1. The second kappa shape index (κ2) is 7.42. The van der Waals surface area contributed by atoms with Crippen LogP contribution in [0.3, 0.4) is 0 Å². The molecule has 0 radical (unpaired) electrons. The molecule has 0 unspecified atom stereocenters. The zero-order valence-electron chi connectivity index (χ0n) is 15.0. The van der Waals surface area contributed by atoms with Gasteiger partial charge in [-0.2, -0.15) is 0 Å². The van der Waals surface area contributed by atoms with E-state index in [9.17, 15) is 4.79 Å². The Kier molecular flexibility index (Phi) is 4.83. The normalized spacial score (nSPS) is 13.3. The molecular weight excluding hydrogens is 360 g/mol.